The minimum absolute atomic E-state index is 0.305. The van der Waals surface area contributed by atoms with Crippen LogP contribution in [0.5, 0.6) is 17.2 Å². The van der Waals surface area contributed by atoms with Crippen LogP contribution in [0.3, 0.4) is 0 Å². The molecule has 0 radical (unpaired) electrons. The van der Waals surface area contributed by atoms with Gasteiger partial charge in [0.1, 0.15) is 5.75 Å². The number of hydrogen-bond acceptors (Lipinski definition) is 6. The van der Waals surface area contributed by atoms with E-state index in [4.69, 9.17) is 18.7 Å². The van der Waals surface area contributed by atoms with Gasteiger partial charge in [0.05, 0.1) is 32.6 Å². The molecule has 1 heterocycles. The number of benzene rings is 1. The molecule has 0 fully saturated rings. The molecule has 0 unspecified atom stereocenters. The molecule has 0 bridgehead atoms. The lowest BCUT2D eigenvalue weighted by Crippen LogP contribution is -2.14. The Balaban J connectivity index is 2.36. The molecule has 2 rings (SSSR count). The molecule has 7 heteroatoms. The number of ether oxygens (including phenoxy) is 3. The number of aromatic nitrogens is 1. The Morgan fingerprint density at radius 2 is 1.74 bits per heavy atom. The zero-order valence-electron chi connectivity index (χ0n) is 13.9. The molecular formula is C16H20N2O5. The quantitative estimate of drug-likeness (QED) is 0.881. The number of nitrogens with zero attached hydrogens (tertiary/aromatic N) is 1. The second-order valence-corrected chi connectivity index (χ2v) is 4.80. The molecule has 23 heavy (non-hydrogen) atoms. The first-order chi connectivity index (χ1) is 11.0. The van der Waals surface area contributed by atoms with Crippen LogP contribution in [-0.2, 0) is 6.42 Å². The largest absolute Gasteiger partial charge is 0.496 e. The molecule has 1 aromatic heterocycles. The highest BCUT2D eigenvalue weighted by Crippen LogP contribution is 2.35. The van der Waals surface area contributed by atoms with Crippen molar-refractivity contribution in [1.29, 1.82) is 0 Å². The van der Waals surface area contributed by atoms with Gasteiger partial charge in [-0.1, -0.05) is 12.1 Å². The highest BCUT2D eigenvalue weighted by molar-refractivity contribution is 6.06. The third kappa shape index (κ3) is 3.23. The minimum atomic E-state index is -0.385. The maximum Gasteiger partial charge on any atom is 0.261 e. The minimum Gasteiger partial charge on any atom is -0.496 e. The number of amides is 1. The highest BCUT2D eigenvalue weighted by atomic mass is 16.5. The van der Waals surface area contributed by atoms with Crippen LogP contribution in [0.15, 0.2) is 16.7 Å². The van der Waals surface area contributed by atoms with Crippen molar-refractivity contribution >= 4 is 11.8 Å². The lowest BCUT2D eigenvalue weighted by atomic mass is 10.1. The first-order valence-electron chi connectivity index (χ1n) is 7.12. The summed E-state index contributed by atoms with van der Waals surface area (Å²) in [6.45, 7) is 3.81. The lowest BCUT2D eigenvalue weighted by Gasteiger charge is -2.13. The number of rotatable bonds is 6. The Kier molecular flexibility index (Phi) is 5.10. The molecule has 1 N–H and O–H groups in total. The fourth-order valence-electron chi connectivity index (χ4n) is 2.19. The van der Waals surface area contributed by atoms with Gasteiger partial charge in [-0.05, 0) is 13.3 Å². The monoisotopic (exact) mass is 320 g/mol. The number of aryl methyl sites for hydroxylation is 1. The van der Waals surface area contributed by atoms with E-state index in [2.05, 4.69) is 10.5 Å². The number of carbonyl (C=O) groups excluding carboxylic acids is 1. The van der Waals surface area contributed by atoms with E-state index in [1.54, 1.807) is 12.1 Å². The van der Waals surface area contributed by atoms with E-state index in [-0.39, 0.29) is 5.91 Å². The van der Waals surface area contributed by atoms with Gasteiger partial charge < -0.3 is 18.7 Å². The van der Waals surface area contributed by atoms with Gasteiger partial charge in [0.2, 0.25) is 5.88 Å². The first kappa shape index (κ1) is 16.7. The van der Waals surface area contributed by atoms with Crippen LogP contribution in [0, 0.1) is 6.92 Å². The van der Waals surface area contributed by atoms with Crippen LogP contribution in [0.1, 0.15) is 28.5 Å². The van der Waals surface area contributed by atoms with Crippen molar-refractivity contribution in [3.63, 3.8) is 0 Å². The third-order valence-corrected chi connectivity index (χ3v) is 3.53. The van der Waals surface area contributed by atoms with Crippen molar-refractivity contribution in [3.05, 3.63) is 29.0 Å². The van der Waals surface area contributed by atoms with E-state index in [1.807, 2.05) is 13.8 Å². The van der Waals surface area contributed by atoms with E-state index in [1.165, 1.54) is 21.3 Å². The van der Waals surface area contributed by atoms with Gasteiger partial charge in [0.25, 0.3) is 5.91 Å². The second-order valence-electron chi connectivity index (χ2n) is 4.80. The Hall–Kier alpha value is -2.70. The summed E-state index contributed by atoms with van der Waals surface area (Å²) >= 11 is 0. The third-order valence-electron chi connectivity index (χ3n) is 3.53. The van der Waals surface area contributed by atoms with Gasteiger partial charge in [0, 0.05) is 17.7 Å². The smallest absolute Gasteiger partial charge is 0.261 e. The molecule has 2 aromatic rings. The molecule has 0 aliphatic heterocycles. The van der Waals surface area contributed by atoms with Crippen molar-refractivity contribution in [2.24, 2.45) is 0 Å². The Labute approximate surface area is 134 Å². The second kappa shape index (κ2) is 7.04. The fourth-order valence-corrected chi connectivity index (χ4v) is 2.19. The molecule has 0 aliphatic rings. The highest BCUT2D eigenvalue weighted by Gasteiger charge is 2.20. The van der Waals surface area contributed by atoms with Gasteiger partial charge in [0.15, 0.2) is 11.5 Å². The number of methoxy groups -OCH3 is 3. The maximum atomic E-state index is 12.5. The van der Waals surface area contributed by atoms with Crippen LogP contribution in [-0.4, -0.2) is 32.4 Å². The molecule has 0 aliphatic carbocycles. The Morgan fingerprint density at radius 3 is 2.26 bits per heavy atom. The van der Waals surface area contributed by atoms with Gasteiger partial charge >= 0.3 is 0 Å². The topological polar surface area (TPSA) is 82.8 Å². The summed E-state index contributed by atoms with van der Waals surface area (Å²) in [6.07, 6.45) is 0.727. The maximum absolute atomic E-state index is 12.5. The van der Waals surface area contributed by atoms with Crippen molar-refractivity contribution < 1.29 is 23.5 Å². The molecule has 0 saturated carbocycles. The Morgan fingerprint density at radius 1 is 1.13 bits per heavy atom. The number of carbonyl (C=O) groups is 1. The average molecular weight is 320 g/mol. The Bertz CT molecular complexity index is 709. The van der Waals surface area contributed by atoms with E-state index in [0.717, 1.165) is 17.7 Å². The molecule has 1 amide bonds. The zero-order chi connectivity index (χ0) is 17.0. The van der Waals surface area contributed by atoms with Gasteiger partial charge in [-0.25, -0.2) is 0 Å². The van der Waals surface area contributed by atoms with E-state index in [0.29, 0.717) is 28.7 Å². The van der Waals surface area contributed by atoms with Crippen LogP contribution < -0.4 is 19.5 Å². The van der Waals surface area contributed by atoms with Crippen LogP contribution in [0.2, 0.25) is 0 Å². The van der Waals surface area contributed by atoms with Crippen LogP contribution in [0.4, 0.5) is 5.88 Å². The SMILES string of the molecule is CCc1noc(NC(=O)c2cc(OC)c(OC)cc2OC)c1C. The summed E-state index contributed by atoms with van der Waals surface area (Å²) in [5.41, 5.74) is 1.92. The summed E-state index contributed by atoms with van der Waals surface area (Å²) in [7, 11) is 4.49. The van der Waals surface area contributed by atoms with Crippen molar-refractivity contribution in [2.75, 3.05) is 26.6 Å². The molecule has 0 atom stereocenters. The van der Waals surface area contributed by atoms with Crippen LogP contribution in [0.25, 0.3) is 0 Å². The summed E-state index contributed by atoms with van der Waals surface area (Å²) in [4.78, 5) is 12.5. The fraction of sp³-hybridized carbons (Fsp3) is 0.375. The number of hydrogen-bond donors (Lipinski definition) is 1. The summed E-state index contributed by atoms with van der Waals surface area (Å²) < 4.78 is 20.9. The molecule has 1 aromatic carbocycles. The first-order valence-corrected chi connectivity index (χ1v) is 7.12. The average Bonchev–Trinajstić information content (AvgIpc) is 2.93. The summed E-state index contributed by atoms with van der Waals surface area (Å²) in [6, 6.07) is 3.15. The molecule has 0 spiro atoms. The van der Waals surface area contributed by atoms with Gasteiger partial charge in [-0.2, -0.15) is 0 Å². The zero-order valence-corrected chi connectivity index (χ0v) is 13.9. The predicted molar refractivity (Wildman–Crippen MR) is 84.7 cm³/mol. The normalized spacial score (nSPS) is 10.3. The van der Waals surface area contributed by atoms with E-state index >= 15 is 0 Å². The molecule has 7 nitrogen and oxygen atoms in total. The van der Waals surface area contributed by atoms with Crippen molar-refractivity contribution in [2.45, 2.75) is 20.3 Å². The van der Waals surface area contributed by atoms with Gasteiger partial charge in [-0.15, -0.1) is 0 Å². The van der Waals surface area contributed by atoms with E-state index in [9.17, 15) is 4.79 Å². The van der Waals surface area contributed by atoms with Gasteiger partial charge in [-0.3, -0.25) is 10.1 Å². The summed E-state index contributed by atoms with van der Waals surface area (Å²) in [5.74, 6) is 1.22. The van der Waals surface area contributed by atoms with Crippen molar-refractivity contribution in [1.82, 2.24) is 5.16 Å². The lowest BCUT2D eigenvalue weighted by molar-refractivity contribution is 0.102. The molecule has 0 saturated heterocycles. The van der Waals surface area contributed by atoms with Crippen molar-refractivity contribution in [3.8, 4) is 17.2 Å². The van der Waals surface area contributed by atoms with Crippen LogP contribution >= 0.6 is 0 Å². The number of nitrogens with one attached hydrogen (secondary N) is 1. The summed E-state index contributed by atoms with van der Waals surface area (Å²) in [5, 5.41) is 6.62. The molecule has 124 valence electrons. The number of anilines is 1. The predicted octanol–water partition coefficient (Wildman–Crippen LogP) is 2.82. The molecular weight excluding hydrogens is 300 g/mol. The van der Waals surface area contributed by atoms with E-state index < -0.39 is 0 Å². The standard InChI is InChI=1S/C16H20N2O5/c1-6-11-9(2)16(23-18-11)17-15(19)10-7-13(21-4)14(22-5)8-12(10)20-3/h7-8H,6H2,1-5H3,(H,17,19).